The molecule has 0 aliphatic heterocycles. The molecule has 10 heavy (non-hydrogen) atoms. The first-order chi connectivity index (χ1) is 4.63. The second kappa shape index (κ2) is 4.40. The van der Waals surface area contributed by atoms with Gasteiger partial charge in [0.1, 0.15) is 6.16 Å². The van der Waals surface area contributed by atoms with Gasteiger partial charge in [-0.2, -0.15) is 0 Å². The Morgan fingerprint density at radius 1 is 1.70 bits per heavy atom. The Bertz CT molecular complexity index is 128. The van der Waals surface area contributed by atoms with Crippen LogP contribution in [0.15, 0.2) is 0 Å². The molecule has 58 valence electrons. The number of hydrogen-bond acceptors (Lipinski definition) is 3. The largest absolute Gasteiger partial charge is 0.466 e. The zero-order chi connectivity index (χ0) is 8.15. The number of methoxy groups -OCH3 is 1. The summed E-state index contributed by atoms with van der Waals surface area (Å²) in [5, 5.41) is 0. The van der Waals surface area contributed by atoms with Crippen LogP contribution in [0.1, 0.15) is 13.8 Å². The highest BCUT2D eigenvalue weighted by Crippen LogP contribution is 2.27. The van der Waals surface area contributed by atoms with Gasteiger partial charge in [0.25, 0.3) is 0 Å². The summed E-state index contributed by atoms with van der Waals surface area (Å²) in [6.07, 6.45) is 0.533. The van der Waals surface area contributed by atoms with Crippen molar-refractivity contribution in [3.05, 3.63) is 0 Å². The summed E-state index contributed by atoms with van der Waals surface area (Å²) in [6, 6.07) is 0. The normalized spacial score (nSPS) is 14.1. The number of esters is 1. The third-order valence-corrected chi connectivity index (χ3v) is 2.98. The summed E-state index contributed by atoms with van der Waals surface area (Å²) < 4.78 is 15.4. The minimum Gasteiger partial charge on any atom is -0.466 e. The average Bonchev–Trinajstić information content (AvgIpc) is 2.00. The molecule has 2 atom stereocenters. The van der Waals surface area contributed by atoms with Crippen LogP contribution in [0.25, 0.3) is 0 Å². The predicted octanol–water partition coefficient (Wildman–Crippen LogP) is 1.40. The molecule has 0 radical (unpaired) electrons. The van der Waals surface area contributed by atoms with Crippen LogP contribution < -0.4 is 0 Å². The van der Waals surface area contributed by atoms with Gasteiger partial charge in [-0.1, -0.05) is 4.57 Å². The van der Waals surface area contributed by atoms with E-state index >= 15 is 0 Å². The molecule has 0 amide bonds. The maximum absolute atomic E-state index is 11.0. The number of carbonyl (C=O) groups excluding carboxylic acids is 1. The van der Waals surface area contributed by atoms with Crippen molar-refractivity contribution in [2.24, 2.45) is 0 Å². The molecule has 0 aromatic heterocycles. The quantitative estimate of drug-likeness (QED) is 0.466. The van der Waals surface area contributed by atoms with Gasteiger partial charge in [0, 0.05) is 0 Å². The molecule has 0 saturated heterocycles. The van der Waals surface area contributed by atoms with E-state index in [0.29, 0.717) is 6.16 Å². The van der Waals surface area contributed by atoms with Crippen LogP contribution in [0.4, 0.5) is 0 Å². The zero-order valence-corrected chi connectivity index (χ0v) is 7.35. The Morgan fingerprint density at radius 3 is 2.50 bits per heavy atom. The maximum Gasteiger partial charge on any atom is 0.357 e. The number of rotatable bonds is 3. The van der Waals surface area contributed by atoms with E-state index in [4.69, 9.17) is 0 Å². The van der Waals surface area contributed by atoms with Crippen LogP contribution in [-0.4, -0.2) is 24.9 Å². The summed E-state index contributed by atoms with van der Waals surface area (Å²) in [5.74, 6) is -0.386. The van der Waals surface area contributed by atoms with Gasteiger partial charge in [0.2, 0.25) is 5.66 Å². The summed E-state index contributed by atoms with van der Waals surface area (Å²) in [5.41, 5.74) is -0.454. The minimum absolute atomic E-state index is 0.386. The zero-order valence-electron chi connectivity index (χ0n) is 6.46. The van der Waals surface area contributed by atoms with Gasteiger partial charge in [0.05, 0.1) is 7.11 Å². The SMILES string of the molecule is CC[P+](=O)C(C)C(=O)OC. The molecular formula is C6H12O3P+. The van der Waals surface area contributed by atoms with Crippen molar-refractivity contribution in [1.29, 1.82) is 0 Å². The van der Waals surface area contributed by atoms with E-state index in [0.717, 1.165) is 0 Å². The van der Waals surface area contributed by atoms with E-state index in [2.05, 4.69) is 4.74 Å². The second-order valence-corrected chi connectivity index (χ2v) is 4.17. The third kappa shape index (κ3) is 2.44. The van der Waals surface area contributed by atoms with Gasteiger partial charge in [-0.25, -0.2) is 4.79 Å². The molecule has 0 heterocycles. The molecule has 0 N–H and O–H groups in total. The van der Waals surface area contributed by atoms with Crippen molar-refractivity contribution in [1.82, 2.24) is 0 Å². The maximum atomic E-state index is 11.0. The molecule has 4 heteroatoms. The molecule has 0 aromatic rings. The van der Waals surface area contributed by atoms with Gasteiger partial charge >= 0.3 is 13.8 Å². The molecule has 3 nitrogen and oxygen atoms in total. The molecule has 0 saturated carbocycles. The van der Waals surface area contributed by atoms with Crippen molar-refractivity contribution >= 4 is 13.8 Å². The highest BCUT2D eigenvalue weighted by molar-refractivity contribution is 7.46. The van der Waals surface area contributed by atoms with Gasteiger partial charge in [-0.05, 0) is 13.8 Å². The monoisotopic (exact) mass is 163 g/mol. The van der Waals surface area contributed by atoms with E-state index in [-0.39, 0.29) is 5.97 Å². The summed E-state index contributed by atoms with van der Waals surface area (Å²) in [7, 11) is -0.106. The van der Waals surface area contributed by atoms with E-state index < -0.39 is 13.5 Å². The Balaban J connectivity index is 3.94. The molecule has 2 unspecified atom stereocenters. The van der Waals surface area contributed by atoms with Crippen molar-refractivity contribution in [3.63, 3.8) is 0 Å². The Kier molecular flexibility index (Phi) is 4.21. The lowest BCUT2D eigenvalue weighted by Crippen LogP contribution is -2.14. The molecule has 0 aliphatic carbocycles. The fourth-order valence-corrected chi connectivity index (χ4v) is 1.45. The first kappa shape index (κ1) is 9.57. The first-order valence-corrected chi connectivity index (χ1v) is 4.66. The highest BCUT2D eigenvalue weighted by atomic mass is 31.1. The van der Waals surface area contributed by atoms with E-state index in [1.165, 1.54) is 7.11 Å². The van der Waals surface area contributed by atoms with Crippen LogP contribution >= 0.6 is 7.80 Å². The van der Waals surface area contributed by atoms with Crippen LogP contribution in [0.2, 0.25) is 0 Å². The Hall–Kier alpha value is -0.430. The molecule has 0 bridgehead atoms. The fourth-order valence-electron chi connectivity index (χ4n) is 0.562. The number of hydrogen-bond donors (Lipinski definition) is 0. The average molecular weight is 163 g/mol. The summed E-state index contributed by atoms with van der Waals surface area (Å²) in [6.45, 7) is 3.41. The number of ether oxygens (including phenoxy) is 1. The van der Waals surface area contributed by atoms with Crippen LogP contribution in [0.5, 0.6) is 0 Å². The lowest BCUT2D eigenvalue weighted by molar-refractivity contribution is -0.139. The molecule has 0 aromatic carbocycles. The highest BCUT2D eigenvalue weighted by Gasteiger charge is 2.31. The summed E-state index contributed by atoms with van der Waals surface area (Å²) in [4.78, 5) is 10.7. The smallest absolute Gasteiger partial charge is 0.357 e. The third-order valence-electron chi connectivity index (χ3n) is 1.29. The van der Waals surface area contributed by atoms with Crippen molar-refractivity contribution < 1.29 is 14.1 Å². The van der Waals surface area contributed by atoms with Gasteiger partial charge in [-0.3, -0.25) is 0 Å². The van der Waals surface area contributed by atoms with Crippen LogP contribution in [-0.2, 0) is 14.1 Å². The van der Waals surface area contributed by atoms with Crippen LogP contribution in [0.3, 0.4) is 0 Å². The van der Waals surface area contributed by atoms with Gasteiger partial charge in [0.15, 0.2) is 0 Å². The molecule has 0 spiro atoms. The standard InChI is InChI=1S/C6H12O3P/c1-4-10(8)5(2)6(7)9-3/h5H,4H2,1-3H3/q+1. The number of carbonyl (C=O) groups is 1. The Morgan fingerprint density at radius 2 is 2.20 bits per heavy atom. The van der Waals surface area contributed by atoms with Crippen molar-refractivity contribution in [2.45, 2.75) is 19.5 Å². The van der Waals surface area contributed by atoms with E-state index in [1.54, 1.807) is 13.8 Å². The molecule has 0 fully saturated rings. The fraction of sp³-hybridized carbons (Fsp3) is 0.833. The molecular weight excluding hydrogens is 151 g/mol. The van der Waals surface area contributed by atoms with Crippen LogP contribution in [0, 0.1) is 0 Å². The summed E-state index contributed by atoms with van der Waals surface area (Å²) >= 11 is 0. The lowest BCUT2D eigenvalue weighted by atomic mass is 10.5. The van der Waals surface area contributed by atoms with Crippen molar-refractivity contribution in [3.8, 4) is 0 Å². The van der Waals surface area contributed by atoms with Crippen molar-refractivity contribution in [2.75, 3.05) is 13.3 Å². The second-order valence-electron chi connectivity index (χ2n) is 1.93. The molecule has 0 aliphatic rings. The van der Waals surface area contributed by atoms with E-state index in [9.17, 15) is 9.36 Å². The van der Waals surface area contributed by atoms with E-state index in [1.807, 2.05) is 0 Å². The first-order valence-electron chi connectivity index (χ1n) is 3.15. The van der Waals surface area contributed by atoms with Gasteiger partial charge in [-0.15, -0.1) is 0 Å². The molecule has 0 rings (SSSR count). The minimum atomic E-state index is -1.41. The van der Waals surface area contributed by atoms with Gasteiger partial charge < -0.3 is 4.74 Å². The predicted molar refractivity (Wildman–Crippen MR) is 39.6 cm³/mol. The Labute approximate surface area is 61.5 Å². The lowest BCUT2D eigenvalue weighted by Gasteiger charge is -1.95. The topological polar surface area (TPSA) is 43.4 Å².